The minimum atomic E-state index is -4.04. The molecule has 0 heterocycles. The molecular weight excluding hydrogens is 301 g/mol. The Morgan fingerprint density at radius 2 is 1.55 bits per heavy atom. The minimum Gasteiger partial charge on any atom is -0.312 e. The summed E-state index contributed by atoms with van der Waals surface area (Å²) < 4.78 is 11.8. The van der Waals surface area contributed by atoms with Gasteiger partial charge in [0, 0.05) is 23.7 Å². The van der Waals surface area contributed by atoms with Gasteiger partial charge in [0.1, 0.15) is 0 Å². The Balaban J connectivity index is 3.99. The lowest BCUT2D eigenvalue weighted by Gasteiger charge is -2.20. The number of halogens is 2. The summed E-state index contributed by atoms with van der Waals surface area (Å²) in [5.41, 5.74) is 0. The summed E-state index contributed by atoms with van der Waals surface area (Å²) in [5, 5.41) is 1.12. The summed E-state index contributed by atoms with van der Waals surface area (Å²) in [6.07, 6.45) is 0. The first-order valence-corrected chi connectivity index (χ1v) is 6.76. The average molecular weight is 311 g/mol. The molecule has 0 aromatic rings. The highest BCUT2D eigenvalue weighted by atomic mass is 79.9. The van der Waals surface area contributed by atoms with Crippen molar-refractivity contribution < 1.29 is 14.4 Å². The highest BCUT2D eigenvalue weighted by Gasteiger charge is 2.23. The first-order chi connectivity index (χ1) is 5.02. The fourth-order valence-corrected chi connectivity index (χ4v) is 2.69. The topological polar surface area (TPSA) is 60.8 Å². The van der Waals surface area contributed by atoms with Crippen LogP contribution in [0.4, 0.5) is 0 Å². The zero-order valence-electron chi connectivity index (χ0n) is 5.78. The van der Waals surface area contributed by atoms with Gasteiger partial charge in [-0.15, -0.1) is 0 Å². The van der Waals surface area contributed by atoms with Gasteiger partial charge in [-0.25, -0.2) is 9.24 Å². The summed E-state index contributed by atoms with van der Waals surface area (Å²) in [6.45, 7) is 0.714. The van der Waals surface area contributed by atoms with Crippen molar-refractivity contribution in [3.05, 3.63) is 0 Å². The number of nitrogens with zero attached hydrogens (tertiary/aromatic N) is 1. The van der Waals surface area contributed by atoms with E-state index in [1.165, 1.54) is 0 Å². The second-order valence-corrected chi connectivity index (χ2v) is 5.02. The molecule has 0 aromatic carbocycles. The molecule has 0 atom stereocenters. The van der Waals surface area contributed by atoms with E-state index >= 15 is 0 Å². The number of hydrogen-bond donors (Lipinski definition) is 2. The monoisotopic (exact) mass is 309 g/mol. The number of alkyl halides is 2. The third kappa shape index (κ3) is 5.33. The molecule has 0 saturated heterocycles. The fourth-order valence-electron chi connectivity index (χ4n) is 0.567. The van der Waals surface area contributed by atoms with Gasteiger partial charge in [0.05, 0.1) is 0 Å². The van der Waals surface area contributed by atoms with E-state index in [4.69, 9.17) is 9.79 Å². The van der Waals surface area contributed by atoms with E-state index in [1.54, 1.807) is 0 Å². The molecule has 0 rings (SSSR count). The molecule has 0 spiro atoms. The van der Waals surface area contributed by atoms with E-state index in [9.17, 15) is 4.57 Å². The lowest BCUT2D eigenvalue weighted by Crippen LogP contribution is -2.24. The third-order valence-electron chi connectivity index (χ3n) is 1.05. The van der Waals surface area contributed by atoms with Crippen LogP contribution in [-0.2, 0) is 4.57 Å². The van der Waals surface area contributed by atoms with E-state index in [2.05, 4.69) is 31.9 Å². The van der Waals surface area contributed by atoms with Crippen molar-refractivity contribution in [2.24, 2.45) is 0 Å². The van der Waals surface area contributed by atoms with Gasteiger partial charge in [-0.3, -0.25) is 0 Å². The van der Waals surface area contributed by atoms with Crippen LogP contribution in [0.15, 0.2) is 0 Å². The molecule has 11 heavy (non-hydrogen) atoms. The second kappa shape index (κ2) is 5.67. The van der Waals surface area contributed by atoms with Crippen molar-refractivity contribution in [1.29, 1.82) is 0 Å². The van der Waals surface area contributed by atoms with Crippen LogP contribution < -0.4 is 0 Å². The molecule has 0 radical (unpaired) electrons. The van der Waals surface area contributed by atoms with Gasteiger partial charge in [0.15, 0.2) is 0 Å². The Kier molecular flexibility index (Phi) is 6.22. The maximum atomic E-state index is 10.7. The largest absolute Gasteiger partial charge is 0.403 e. The molecule has 0 amide bonds. The van der Waals surface area contributed by atoms with E-state index in [-0.39, 0.29) is 0 Å². The Morgan fingerprint density at radius 3 is 1.73 bits per heavy atom. The molecule has 0 aliphatic rings. The van der Waals surface area contributed by atoms with Gasteiger partial charge < -0.3 is 9.79 Å². The summed E-state index contributed by atoms with van der Waals surface area (Å²) in [4.78, 5) is 17.5. The van der Waals surface area contributed by atoms with E-state index < -0.39 is 7.75 Å². The maximum Gasteiger partial charge on any atom is 0.403 e. The van der Waals surface area contributed by atoms with Crippen LogP contribution in [0.2, 0.25) is 0 Å². The van der Waals surface area contributed by atoms with Gasteiger partial charge >= 0.3 is 7.75 Å². The Bertz CT molecular complexity index is 144. The van der Waals surface area contributed by atoms with Gasteiger partial charge in [-0.1, -0.05) is 31.9 Å². The maximum absolute atomic E-state index is 10.7. The van der Waals surface area contributed by atoms with Crippen molar-refractivity contribution in [2.45, 2.75) is 0 Å². The molecule has 0 aliphatic heterocycles. The normalized spacial score (nSPS) is 12.5. The Hall–Kier alpha value is 1.07. The smallest absolute Gasteiger partial charge is 0.312 e. The molecule has 0 bridgehead atoms. The molecule has 7 heteroatoms. The van der Waals surface area contributed by atoms with Crippen LogP contribution in [0.25, 0.3) is 0 Å². The molecule has 0 aliphatic carbocycles. The molecule has 0 aromatic heterocycles. The molecule has 68 valence electrons. The SMILES string of the molecule is O=P(O)(O)N(CCBr)CCBr. The number of hydrogen-bond acceptors (Lipinski definition) is 1. The molecular formula is C4H10Br2NO3P. The first-order valence-electron chi connectivity index (χ1n) is 2.95. The summed E-state index contributed by atoms with van der Waals surface area (Å²) in [6, 6.07) is 0. The van der Waals surface area contributed by atoms with Crippen LogP contribution in [0.5, 0.6) is 0 Å². The lowest BCUT2D eigenvalue weighted by atomic mass is 10.7. The van der Waals surface area contributed by atoms with Gasteiger partial charge in [-0.2, -0.15) is 0 Å². The fraction of sp³-hybridized carbons (Fsp3) is 1.00. The van der Waals surface area contributed by atoms with Gasteiger partial charge in [0.2, 0.25) is 0 Å². The van der Waals surface area contributed by atoms with Crippen LogP contribution in [0, 0.1) is 0 Å². The second-order valence-electron chi connectivity index (χ2n) is 1.84. The van der Waals surface area contributed by atoms with Crippen molar-refractivity contribution in [1.82, 2.24) is 4.67 Å². The highest BCUT2D eigenvalue weighted by molar-refractivity contribution is 9.09. The Morgan fingerprint density at radius 1 is 1.18 bits per heavy atom. The van der Waals surface area contributed by atoms with E-state index in [0.29, 0.717) is 23.7 Å². The van der Waals surface area contributed by atoms with Gasteiger partial charge in [-0.05, 0) is 0 Å². The van der Waals surface area contributed by atoms with Crippen LogP contribution in [-0.4, -0.2) is 38.2 Å². The first kappa shape index (κ1) is 12.1. The summed E-state index contributed by atoms with van der Waals surface area (Å²) in [7, 11) is -4.04. The van der Waals surface area contributed by atoms with Crippen molar-refractivity contribution >= 4 is 39.6 Å². The standard InChI is InChI=1S/C4H10Br2NO3P/c5-1-3-7(4-2-6)11(8,9)10/h1-4H2,(H2,8,9,10). The number of rotatable bonds is 5. The van der Waals surface area contributed by atoms with E-state index in [1.807, 2.05) is 0 Å². The van der Waals surface area contributed by atoms with Crippen LogP contribution in [0.1, 0.15) is 0 Å². The molecule has 0 saturated carbocycles. The molecule has 2 N–H and O–H groups in total. The lowest BCUT2D eigenvalue weighted by molar-refractivity contribution is 0.283. The van der Waals surface area contributed by atoms with Crippen molar-refractivity contribution in [3.63, 3.8) is 0 Å². The van der Waals surface area contributed by atoms with Crippen LogP contribution in [0.3, 0.4) is 0 Å². The van der Waals surface area contributed by atoms with Gasteiger partial charge in [0.25, 0.3) is 0 Å². The van der Waals surface area contributed by atoms with Crippen molar-refractivity contribution in [3.8, 4) is 0 Å². The predicted molar refractivity (Wildman–Crippen MR) is 51.2 cm³/mol. The zero-order valence-corrected chi connectivity index (χ0v) is 9.85. The minimum absolute atomic E-state index is 0.357. The average Bonchev–Trinajstić information content (AvgIpc) is 1.85. The summed E-state index contributed by atoms with van der Waals surface area (Å²) >= 11 is 6.22. The molecule has 0 unspecified atom stereocenters. The third-order valence-corrected chi connectivity index (χ3v) is 2.90. The van der Waals surface area contributed by atoms with E-state index in [0.717, 1.165) is 4.67 Å². The molecule has 0 fully saturated rings. The quantitative estimate of drug-likeness (QED) is 0.591. The highest BCUT2D eigenvalue weighted by Crippen LogP contribution is 2.39. The van der Waals surface area contributed by atoms with Crippen molar-refractivity contribution in [2.75, 3.05) is 23.7 Å². The molecule has 4 nitrogen and oxygen atoms in total. The summed E-state index contributed by atoms with van der Waals surface area (Å²) in [5.74, 6) is 0. The predicted octanol–water partition coefficient (Wildman–Crippen LogP) is 1.17. The van der Waals surface area contributed by atoms with Crippen LogP contribution >= 0.6 is 39.6 Å². The Labute approximate surface area is 82.4 Å². The zero-order chi connectivity index (χ0) is 8.91.